The summed E-state index contributed by atoms with van der Waals surface area (Å²) in [6.45, 7) is 0. The van der Waals surface area contributed by atoms with Crippen LogP contribution in [0.5, 0.6) is 5.75 Å². The summed E-state index contributed by atoms with van der Waals surface area (Å²) in [6.07, 6.45) is 5.48. The number of carbonyl (C=O) groups is 1. The molecule has 1 N–H and O–H groups in total. The Labute approximate surface area is 128 Å². The third-order valence-electron chi connectivity index (χ3n) is 3.15. The number of methoxy groups -OCH3 is 1. The highest BCUT2D eigenvalue weighted by Gasteiger charge is 2.23. The second-order valence-corrected chi connectivity index (χ2v) is 5.44. The van der Waals surface area contributed by atoms with E-state index >= 15 is 0 Å². The fourth-order valence-corrected chi connectivity index (χ4v) is 2.52. The number of nitrogens with zero attached hydrogens (tertiary/aromatic N) is 2. The van der Waals surface area contributed by atoms with Crippen LogP contribution in [0.2, 0.25) is 0 Å². The Morgan fingerprint density at radius 3 is 2.86 bits per heavy atom. The van der Waals surface area contributed by atoms with Crippen molar-refractivity contribution in [2.75, 3.05) is 19.1 Å². The Morgan fingerprint density at radius 1 is 1.48 bits per heavy atom. The van der Waals surface area contributed by atoms with E-state index in [4.69, 9.17) is 4.74 Å². The Bertz CT molecular complexity index is 612. The number of benzene rings is 1. The normalized spacial score (nSPS) is 12.0. The van der Waals surface area contributed by atoms with Gasteiger partial charge >= 0.3 is 0 Å². The first-order valence-corrected chi connectivity index (χ1v) is 7.95. The van der Waals surface area contributed by atoms with Crippen molar-refractivity contribution in [3.05, 3.63) is 48.0 Å². The Kier molecular flexibility index (Phi) is 5.27. The highest BCUT2D eigenvalue weighted by Crippen LogP contribution is 2.28. The molecule has 1 aromatic heterocycles. The third-order valence-corrected chi connectivity index (χ3v) is 3.70. The predicted octanol–water partition coefficient (Wildman–Crippen LogP) is 2.00. The van der Waals surface area contributed by atoms with Crippen molar-refractivity contribution in [1.29, 1.82) is 0 Å². The molecule has 2 aromatic rings. The lowest BCUT2D eigenvalue weighted by Crippen LogP contribution is -2.32. The van der Waals surface area contributed by atoms with E-state index in [1.54, 1.807) is 13.3 Å². The van der Waals surface area contributed by atoms with E-state index in [1.807, 2.05) is 48.3 Å². The second kappa shape index (κ2) is 7.17. The van der Waals surface area contributed by atoms with E-state index < -0.39 is 0 Å². The van der Waals surface area contributed by atoms with Crippen LogP contribution in [-0.4, -0.2) is 34.6 Å². The van der Waals surface area contributed by atoms with E-state index in [2.05, 4.69) is 10.3 Å². The van der Waals surface area contributed by atoms with Crippen LogP contribution < -0.4 is 10.1 Å². The molecule has 1 aromatic carbocycles. The highest BCUT2D eigenvalue weighted by atomic mass is 32.2. The zero-order valence-corrected chi connectivity index (χ0v) is 13.2. The van der Waals surface area contributed by atoms with Crippen LogP contribution in [0.1, 0.15) is 17.4 Å². The number of para-hydroxylation sites is 1. The summed E-state index contributed by atoms with van der Waals surface area (Å²) < 4.78 is 7.31. The number of hydrogen-bond acceptors (Lipinski definition) is 4. The number of aromatic nitrogens is 2. The molecule has 0 aliphatic rings. The van der Waals surface area contributed by atoms with E-state index in [0.29, 0.717) is 5.75 Å². The maximum absolute atomic E-state index is 12.0. The number of amides is 1. The number of ether oxygens (including phenoxy) is 1. The number of aryl methyl sites for hydroxylation is 1. The van der Waals surface area contributed by atoms with Gasteiger partial charge in [0, 0.05) is 25.0 Å². The number of hydrogen-bond donors (Lipinski definition) is 1. The molecule has 1 atom stereocenters. The van der Waals surface area contributed by atoms with Crippen molar-refractivity contribution >= 4 is 17.7 Å². The molecule has 2 rings (SSSR count). The maximum Gasteiger partial charge on any atom is 0.230 e. The molecule has 1 unspecified atom stereocenters. The molecule has 0 saturated carbocycles. The SMILES string of the molecule is COc1ccccc1C(NC(=O)CSC)c1nccn1C. The summed E-state index contributed by atoms with van der Waals surface area (Å²) in [5.74, 6) is 1.89. The van der Waals surface area contributed by atoms with Crippen molar-refractivity contribution in [3.63, 3.8) is 0 Å². The fraction of sp³-hybridized carbons (Fsp3) is 0.333. The number of rotatable bonds is 6. The van der Waals surface area contributed by atoms with Crippen molar-refractivity contribution in [2.45, 2.75) is 6.04 Å². The van der Waals surface area contributed by atoms with Crippen LogP contribution in [0.25, 0.3) is 0 Å². The Balaban J connectivity index is 2.40. The number of imidazole rings is 1. The first-order chi connectivity index (χ1) is 10.2. The number of nitrogens with one attached hydrogen (secondary N) is 1. The second-order valence-electron chi connectivity index (χ2n) is 4.57. The summed E-state index contributed by atoms with van der Waals surface area (Å²) >= 11 is 1.49. The fourth-order valence-electron chi connectivity index (χ4n) is 2.18. The molecule has 112 valence electrons. The Hall–Kier alpha value is -1.95. The van der Waals surface area contributed by atoms with E-state index in [0.717, 1.165) is 17.1 Å². The molecule has 5 nitrogen and oxygen atoms in total. The minimum absolute atomic E-state index is 0.0265. The maximum atomic E-state index is 12.0. The first-order valence-electron chi connectivity index (χ1n) is 6.55. The van der Waals surface area contributed by atoms with Crippen LogP contribution in [0.4, 0.5) is 0 Å². The minimum atomic E-state index is -0.333. The monoisotopic (exact) mass is 305 g/mol. The van der Waals surface area contributed by atoms with Gasteiger partial charge in [0.1, 0.15) is 17.6 Å². The van der Waals surface area contributed by atoms with Gasteiger partial charge in [-0.25, -0.2) is 4.98 Å². The average Bonchev–Trinajstić information content (AvgIpc) is 2.91. The lowest BCUT2D eigenvalue weighted by molar-refractivity contribution is -0.119. The van der Waals surface area contributed by atoms with Crippen molar-refractivity contribution in [1.82, 2.24) is 14.9 Å². The summed E-state index contributed by atoms with van der Waals surface area (Å²) in [5, 5.41) is 3.03. The van der Waals surface area contributed by atoms with Crippen molar-refractivity contribution in [3.8, 4) is 5.75 Å². The van der Waals surface area contributed by atoms with Crippen molar-refractivity contribution < 1.29 is 9.53 Å². The number of carbonyl (C=O) groups excluding carboxylic acids is 1. The smallest absolute Gasteiger partial charge is 0.230 e. The standard InChI is InChI=1S/C15H19N3O2S/c1-18-9-8-16-15(18)14(17-13(19)10-21-3)11-6-4-5-7-12(11)20-2/h4-9,14H,10H2,1-3H3,(H,17,19). The molecule has 0 spiro atoms. The van der Waals surface area contributed by atoms with Crippen LogP contribution in [-0.2, 0) is 11.8 Å². The van der Waals surface area contributed by atoms with Gasteiger partial charge in [-0.05, 0) is 12.3 Å². The van der Waals surface area contributed by atoms with Gasteiger partial charge in [0.25, 0.3) is 0 Å². The largest absolute Gasteiger partial charge is 0.496 e. The molecule has 0 aliphatic carbocycles. The predicted molar refractivity (Wildman–Crippen MR) is 84.6 cm³/mol. The zero-order chi connectivity index (χ0) is 15.2. The summed E-state index contributed by atoms with van der Waals surface area (Å²) in [5.41, 5.74) is 0.892. The van der Waals surface area contributed by atoms with Crippen LogP contribution in [0.3, 0.4) is 0 Å². The minimum Gasteiger partial charge on any atom is -0.496 e. The topological polar surface area (TPSA) is 56.1 Å². The molecule has 0 aliphatic heterocycles. The van der Waals surface area contributed by atoms with Crippen LogP contribution in [0.15, 0.2) is 36.7 Å². The van der Waals surface area contributed by atoms with Crippen LogP contribution >= 0.6 is 11.8 Å². The van der Waals surface area contributed by atoms with Gasteiger partial charge in [-0.2, -0.15) is 11.8 Å². The van der Waals surface area contributed by atoms with Crippen LogP contribution in [0, 0.1) is 0 Å². The third kappa shape index (κ3) is 3.58. The molecule has 1 heterocycles. The molecule has 1 amide bonds. The molecule has 6 heteroatoms. The lowest BCUT2D eigenvalue weighted by Gasteiger charge is -2.21. The number of thioether (sulfide) groups is 1. The van der Waals surface area contributed by atoms with Gasteiger partial charge in [0.15, 0.2) is 0 Å². The molecular formula is C15H19N3O2S. The van der Waals surface area contributed by atoms with Gasteiger partial charge < -0.3 is 14.6 Å². The summed E-state index contributed by atoms with van der Waals surface area (Å²) in [4.78, 5) is 16.4. The van der Waals surface area contributed by atoms with Gasteiger partial charge in [-0.15, -0.1) is 0 Å². The van der Waals surface area contributed by atoms with Gasteiger partial charge in [0.2, 0.25) is 5.91 Å². The molecule has 21 heavy (non-hydrogen) atoms. The van der Waals surface area contributed by atoms with Gasteiger partial charge in [0.05, 0.1) is 12.9 Å². The summed E-state index contributed by atoms with van der Waals surface area (Å²) in [6, 6.07) is 7.32. The van der Waals surface area contributed by atoms with Crippen molar-refractivity contribution in [2.24, 2.45) is 7.05 Å². The quantitative estimate of drug-likeness (QED) is 0.887. The lowest BCUT2D eigenvalue weighted by atomic mass is 10.0. The van der Waals surface area contributed by atoms with E-state index in [1.165, 1.54) is 11.8 Å². The first kappa shape index (κ1) is 15.4. The van der Waals surface area contributed by atoms with Gasteiger partial charge in [-0.3, -0.25) is 4.79 Å². The van der Waals surface area contributed by atoms with Gasteiger partial charge in [-0.1, -0.05) is 18.2 Å². The summed E-state index contributed by atoms with van der Waals surface area (Å²) in [7, 11) is 3.53. The molecule has 0 radical (unpaired) electrons. The molecule has 0 fully saturated rings. The molecular weight excluding hydrogens is 286 g/mol. The molecule has 0 saturated heterocycles. The van der Waals surface area contributed by atoms with E-state index in [-0.39, 0.29) is 11.9 Å². The van der Waals surface area contributed by atoms with E-state index in [9.17, 15) is 4.79 Å². The molecule has 0 bridgehead atoms. The zero-order valence-electron chi connectivity index (χ0n) is 12.4. The average molecular weight is 305 g/mol. The Morgan fingerprint density at radius 2 is 2.24 bits per heavy atom. The highest BCUT2D eigenvalue weighted by molar-refractivity contribution is 7.99.